The fourth-order valence-corrected chi connectivity index (χ4v) is 1.42. The molecule has 1 rings (SSSR count). The Hall–Kier alpha value is -1.79. The van der Waals surface area contributed by atoms with Gasteiger partial charge in [-0.05, 0) is 18.1 Å². The fraction of sp³-hybridized carbons (Fsp3) is 0.538. The number of nitrogens with zero attached hydrogens (tertiary/aromatic N) is 1. The van der Waals surface area contributed by atoms with E-state index in [4.69, 9.17) is 0 Å². The summed E-state index contributed by atoms with van der Waals surface area (Å²) in [5.41, 5.74) is 0.641. The maximum Gasteiger partial charge on any atom is 0.422 e. The number of amides is 1. The van der Waals surface area contributed by atoms with Gasteiger partial charge in [-0.1, -0.05) is 13.3 Å². The highest BCUT2D eigenvalue weighted by Gasteiger charge is 2.28. The number of alkyl halides is 3. The lowest BCUT2D eigenvalue weighted by molar-refractivity contribution is -0.154. The zero-order valence-corrected chi connectivity index (χ0v) is 11.2. The van der Waals surface area contributed by atoms with Crippen molar-refractivity contribution in [1.82, 2.24) is 10.3 Å². The lowest BCUT2D eigenvalue weighted by atomic mass is 10.2. The van der Waals surface area contributed by atoms with Crippen molar-refractivity contribution in [3.05, 3.63) is 23.9 Å². The van der Waals surface area contributed by atoms with E-state index in [0.717, 1.165) is 12.8 Å². The fourth-order valence-electron chi connectivity index (χ4n) is 1.42. The van der Waals surface area contributed by atoms with Crippen LogP contribution < -0.4 is 10.1 Å². The molecule has 4 nitrogen and oxygen atoms in total. The molecule has 0 aliphatic heterocycles. The van der Waals surface area contributed by atoms with Crippen LogP contribution in [0.4, 0.5) is 13.2 Å². The molecule has 0 atom stereocenters. The minimum absolute atomic E-state index is 0.0820. The van der Waals surface area contributed by atoms with Crippen molar-refractivity contribution >= 4 is 5.91 Å². The topological polar surface area (TPSA) is 51.2 Å². The number of pyridine rings is 1. The van der Waals surface area contributed by atoms with Crippen LogP contribution in [0.2, 0.25) is 0 Å². The molecule has 1 aromatic rings. The number of rotatable bonds is 7. The third-order valence-corrected chi connectivity index (χ3v) is 2.43. The van der Waals surface area contributed by atoms with Crippen LogP contribution in [-0.4, -0.2) is 23.7 Å². The first kappa shape index (κ1) is 16.3. The number of hydrogen-bond donors (Lipinski definition) is 1. The summed E-state index contributed by atoms with van der Waals surface area (Å²) in [5.74, 6) is -0.191. The molecule has 1 heterocycles. The maximum absolute atomic E-state index is 12.0. The Labute approximate surface area is 115 Å². The van der Waals surface area contributed by atoms with E-state index < -0.39 is 12.8 Å². The number of aromatic nitrogens is 1. The molecule has 0 bridgehead atoms. The molecule has 1 aromatic heterocycles. The van der Waals surface area contributed by atoms with Crippen molar-refractivity contribution in [2.24, 2.45) is 0 Å². The minimum atomic E-state index is -4.40. The molecule has 0 saturated heterocycles. The third-order valence-electron chi connectivity index (χ3n) is 2.43. The van der Waals surface area contributed by atoms with Crippen molar-refractivity contribution in [2.45, 2.75) is 38.9 Å². The molecule has 0 aliphatic rings. The predicted molar refractivity (Wildman–Crippen MR) is 67.2 cm³/mol. The number of carbonyl (C=O) groups is 1. The van der Waals surface area contributed by atoms with Gasteiger partial charge in [0.15, 0.2) is 6.61 Å². The molecular formula is C13H17F3N2O2. The summed E-state index contributed by atoms with van der Waals surface area (Å²) < 4.78 is 40.5. The number of halogens is 3. The lowest BCUT2D eigenvalue weighted by Crippen LogP contribution is -2.22. The SMILES string of the molecule is CCCCC(=O)NCc1ccnc(OCC(F)(F)F)c1. The second kappa shape index (κ2) is 7.72. The molecule has 0 aliphatic carbocycles. The number of ether oxygens (including phenoxy) is 1. The van der Waals surface area contributed by atoms with Gasteiger partial charge < -0.3 is 10.1 Å². The Kier molecular flexibility index (Phi) is 6.27. The largest absolute Gasteiger partial charge is 0.468 e. The van der Waals surface area contributed by atoms with Gasteiger partial charge >= 0.3 is 6.18 Å². The van der Waals surface area contributed by atoms with Crippen molar-refractivity contribution in [1.29, 1.82) is 0 Å². The van der Waals surface area contributed by atoms with Gasteiger partial charge in [0.1, 0.15) is 0 Å². The summed E-state index contributed by atoms with van der Waals surface area (Å²) in [6.45, 7) is 0.847. The van der Waals surface area contributed by atoms with Crippen LogP contribution in [0.15, 0.2) is 18.3 Å². The Morgan fingerprint density at radius 1 is 1.45 bits per heavy atom. The summed E-state index contributed by atoms with van der Waals surface area (Å²) in [6.07, 6.45) is -0.870. The summed E-state index contributed by atoms with van der Waals surface area (Å²) >= 11 is 0. The zero-order chi connectivity index (χ0) is 15.0. The standard InChI is InChI=1S/C13H17F3N2O2/c1-2-3-4-11(19)18-8-10-5-6-17-12(7-10)20-9-13(14,15)16/h5-7H,2-4,8-9H2,1H3,(H,18,19). The van der Waals surface area contributed by atoms with E-state index in [1.54, 1.807) is 6.07 Å². The van der Waals surface area contributed by atoms with Gasteiger partial charge in [0.05, 0.1) is 0 Å². The van der Waals surface area contributed by atoms with Crippen LogP contribution in [0.25, 0.3) is 0 Å². The van der Waals surface area contributed by atoms with Crippen molar-refractivity contribution in [3.8, 4) is 5.88 Å². The maximum atomic E-state index is 12.0. The molecule has 0 spiro atoms. The van der Waals surface area contributed by atoms with Gasteiger partial charge in [-0.15, -0.1) is 0 Å². The molecule has 0 unspecified atom stereocenters. The second-order valence-corrected chi connectivity index (χ2v) is 4.29. The first-order valence-electron chi connectivity index (χ1n) is 6.32. The highest BCUT2D eigenvalue weighted by Crippen LogP contribution is 2.17. The molecule has 1 N–H and O–H groups in total. The van der Waals surface area contributed by atoms with E-state index in [2.05, 4.69) is 15.0 Å². The summed E-state index contributed by atoms with van der Waals surface area (Å²) in [7, 11) is 0. The summed E-state index contributed by atoms with van der Waals surface area (Å²) in [4.78, 5) is 15.1. The Morgan fingerprint density at radius 3 is 2.85 bits per heavy atom. The van der Waals surface area contributed by atoms with E-state index in [1.165, 1.54) is 12.3 Å². The van der Waals surface area contributed by atoms with Gasteiger partial charge in [-0.3, -0.25) is 4.79 Å². The highest BCUT2D eigenvalue weighted by atomic mass is 19.4. The zero-order valence-electron chi connectivity index (χ0n) is 11.2. The van der Waals surface area contributed by atoms with Crippen LogP contribution in [-0.2, 0) is 11.3 Å². The van der Waals surface area contributed by atoms with E-state index in [-0.39, 0.29) is 18.3 Å². The monoisotopic (exact) mass is 290 g/mol. The van der Waals surface area contributed by atoms with Gasteiger partial charge in [-0.25, -0.2) is 4.98 Å². The first-order chi connectivity index (χ1) is 9.40. The average Bonchev–Trinajstić information content (AvgIpc) is 2.40. The van der Waals surface area contributed by atoms with Crippen LogP contribution in [0, 0.1) is 0 Å². The van der Waals surface area contributed by atoms with E-state index in [9.17, 15) is 18.0 Å². The smallest absolute Gasteiger partial charge is 0.422 e. The Morgan fingerprint density at radius 2 is 2.20 bits per heavy atom. The summed E-state index contributed by atoms with van der Waals surface area (Å²) in [6, 6.07) is 2.99. The highest BCUT2D eigenvalue weighted by molar-refractivity contribution is 5.75. The Bertz CT molecular complexity index is 436. The van der Waals surface area contributed by atoms with Crippen molar-refractivity contribution < 1.29 is 22.7 Å². The normalized spacial score (nSPS) is 11.2. The van der Waals surface area contributed by atoms with Crippen LogP contribution >= 0.6 is 0 Å². The predicted octanol–water partition coefficient (Wildman–Crippen LogP) is 2.83. The minimum Gasteiger partial charge on any atom is -0.468 e. The quantitative estimate of drug-likeness (QED) is 0.840. The second-order valence-electron chi connectivity index (χ2n) is 4.29. The molecule has 1 amide bonds. The molecule has 7 heteroatoms. The number of carbonyl (C=O) groups excluding carboxylic acids is 1. The first-order valence-corrected chi connectivity index (χ1v) is 6.32. The molecule has 0 fully saturated rings. The van der Waals surface area contributed by atoms with E-state index in [0.29, 0.717) is 12.0 Å². The van der Waals surface area contributed by atoms with Crippen molar-refractivity contribution in [2.75, 3.05) is 6.61 Å². The van der Waals surface area contributed by atoms with Crippen molar-refractivity contribution in [3.63, 3.8) is 0 Å². The van der Waals surface area contributed by atoms with E-state index >= 15 is 0 Å². The number of hydrogen-bond acceptors (Lipinski definition) is 3. The van der Waals surface area contributed by atoms with E-state index in [1.807, 2.05) is 6.92 Å². The van der Waals surface area contributed by atoms with Crippen LogP contribution in [0.1, 0.15) is 31.7 Å². The number of unbranched alkanes of at least 4 members (excludes halogenated alkanes) is 1. The molecule has 20 heavy (non-hydrogen) atoms. The molecule has 0 aromatic carbocycles. The number of nitrogens with one attached hydrogen (secondary N) is 1. The van der Waals surface area contributed by atoms with Crippen LogP contribution in [0.5, 0.6) is 5.88 Å². The molecule has 0 saturated carbocycles. The Balaban J connectivity index is 2.45. The lowest BCUT2D eigenvalue weighted by Gasteiger charge is -2.09. The van der Waals surface area contributed by atoms with Gasteiger partial charge in [-0.2, -0.15) is 13.2 Å². The molecule has 0 radical (unpaired) electrons. The average molecular weight is 290 g/mol. The molecular weight excluding hydrogens is 273 g/mol. The van der Waals surface area contributed by atoms with Crippen LogP contribution in [0.3, 0.4) is 0 Å². The molecule has 112 valence electrons. The third kappa shape index (κ3) is 6.96. The summed E-state index contributed by atoms with van der Waals surface area (Å²) in [5, 5.41) is 2.69. The van der Waals surface area contributed by atoms with Gasteiger partial charge in [0.2, 0.25) is 11.8 Å². The van der Waals surface area contributed by atoms with Gasteiger partial charge in [0, 0.05) is 25.2 Å². The van der Waals surface area contributed by atoms with Gasteiger partial charge in [0.25, 0.3) is 0 Å².